The Kier molecular flexibility index (Phi) is 4.00. The third-order valence-corrected chi connectivity index (χ3v) is 1.98. The van der Waals surface area contributed by atoms with Crippen LogP contribution < -0.4 is 9.47 Å². The standard InChI is InChI=1S/C10H10F2N2O2/c1-15-8-6(10(11)12)5-14-7(3-4-13)9(8)16-2/h5,10H,3H2,1-2H3. The summed E-state index contributed by atoms with van der Waals surface area (Å²) in [7, 11) is 2.58. The summed E-state index contributed by atoms with van der Waals surface area (Å²) in [5.41, 5.74) is -0.0627. The quantitative estimate of drug-likeness (QED) is 0.791. The van der Waals surface area contributed by atoms with Crippen molar-refractivity contribution in [2.75, 3.05) is 14.2 Å². The van der Waals surface area contributed by atoms with Crippen molar-refractivity contribution in [2.45, 2.75) is 12.8 Å². The molecule has 0 atom stereocenters. The molecule has 1 aromatic rings. The molecular weight excluding hydrogens is 218 g/mol. The summed E-state index contributed by atoms with van der Waals surface area (Å²) < 4.78 is 35.0. The first-order chi connectivity index (χ1) is 7.65. The number of rotatable bonds is 4. The zero-order valence-electron chi connectivity index (χ0n) is 8.83. The normalized spacial score (nSPS) is 10.0. The number of ether oxygens (including phenoxy) is 2. The van der Waals surface area contributed by atoms with Gasteiger partial charge < -0.3 is 9.47 Å². The van der Waals surface area contributed by atoms with Gasteiger partial charge in [-0.25, -0.2) is 8.78 Å². The summed E-state index contributed by atoms with van der Waals surface area (Å²) >= 11 is 0. The summed E-state index contributed by atoms with van der Waals surface area (Å²) in [5.74, 6) is 0.0135. The Balaban J connectivity index is 3.35. The maximum absolute atomic E-state index is 12.6. The van der Waals surface area contributed by atoms with Crippen LogP contribution in [-0.2, 0) is 6.42 Å². The number of nitrogens with zero attached hydrogens (tertiary/aromatic N) is 2. The summed E-state index contributed by atoms with van der Waals surface area (Å²) in [4.78, 5) is 3.76. The predicted molar refractivity (Wildman–Crippen MR) is 51.6 cm³/mol. The molecule has 1 heterocycles. The van der Waals surface area contributed by atoms with Gasteiger partial charge in [0, 0.05) is 6.20 Å². The fraction of sp³-hybridized carbons (Fsp3) is 0.400. The van der Waals surface area contributed by atoms with Crippen LogP contribution in [0.25, 0.3) is 0 Å². The van der Waals surface area contributed by atoms with E-state index >= 15 is 0 Å². The predicted octanol–water partition coefficient (Wildman–Crippen LogP) is 2.10. The summed E-state index contributed by atoms with van der Waals surface area (Å²) in [6.07, 6.45) is -1.73. The van der Waals surface area contributed by atoms with Crippen molar-refractivity contribution in [2.24, 2.45) is 0 Å². The maximum Gasteiger partial charge on any atom is 0.269 e. The molecule has 0 N–H and O–H groups in total. The van der Waals surface area contributed by atoms with Gasteiger partial charge in [-0.2, -0.15) is 5.26 Å². The highest BCUT2D eigenvalue weighted by molar-refractivity contribution is 5.49. The van der Waals surface area contributed by atoms with E-state index in [0.717, 1.165) is 6.20 Å². The zero-order chi connectivity index (χ0) is 12.1. The summed E-state index contributed by atoms with van der Waals surface area (Å²) in [6, 6.07) is 1.87. The minimum Gasteiger partial charge on any atom is -0.492 e. The van der Waals surface area contributed by atoms with E-state index in [0.29, 0.717) is 0 Å². The van der Waals surface area contributed by atoms with E-state index in [4.69, 9.17) is 14.7 Å². The monoisotopic (exact) mass is 228 g/mol. The lowest BCUT2D eigenvalue weighted by atomic mass is 10.2. The lowest BCUT2D eigenvalue weighted by Gasteiger charge is -2.13. The molecular formula is C10H10F2N2O2. The molecule has 0 aromatic carbocycles. The molecule has 1 aromatic heterocycles. The number of methoxy groups -OCH3 is 2. The molecule has 6 heteroatoms. The van der Waals surface area contributed by atoms with E-state index < -0.39 is 6.43 Å². The van der Waals surface area contributed by atoms with Gasteiger partial charge in [-0.1, -0.05) is 0 Å². The number of hydrogen-bond acceptors (Lipinski definition) is 4. The van der Waals surface area contributed by atoms with Gasteiger partial charge in [-0.3, -0.25) is 4.98 Å². The average Bonchev–Trinajstić information content (AvgIpc) is 2.28. The van der Waals surface area contributed by atoms with Crippen LogP contribution in [0.15, 0.2) is 6.20 Å². The summed E-state index contributed by atoms with van der Waals surface area (Å²) in [6.45, 7) is 0. The number of alkyl halides is 2. The second-order valence-electron chi connectivity index (χ2n) is 2.86. The Labute approximate surface area is 91.4 Å². The zero-order valence-corrected chi connectivity index (χ0v) is 8.83. The van der Waals surface area contributed by atoms with Crippen molar-refractivity contribution in [1.82, 2.24) is 4.98 Å². The highest BCUT2D eigenvalue weighted by Crippen LogP contribution is 2.38. The van der Waals surface area contributed by atoms with Crippen molar-refractivity contribution < 1.29 is 18.3 Å². The molecule has 0 radical (unpaired) electrons. The first-order valence-electron chi connectivity index (χ1n) is 4.40. The van der Waals surface area contributed by atoms with E-state index in [1.165, 1.54) is 14.2 Å². The molecule has 4 nitrogen and oxygen atoms in total. The van der Waals surface area contributed by atoms with Gasteiger partial charge in [0.2, 0.25) is 0 Å². The van der Waals surface area contributed by atoms with Gasteiger partial charge in [0.15, 0.2) is 11.5 Å². The van der Waals surface area contributed by atoms with E-state index in [-0.39, 0.29) is 29.2 Å². The van der Waals surface area contributed by atoms with Crippen LogP contribution in [0.5, 0.6) is 11.5 Å². The molecule has 0 aliphatic heterocycles. The molecule has 1 rings (SSSR count). The van der Waals surface area contributed by atoms with Crippen molar-refractivity contribution in [3.8, 4) is 17.6 Å². The topological polar surface area (TPSA) is 55.1 Å². The van der Waals surface area contributed by atoms with E-state index in [1.807, 2.05) is 6.07 Å². The molecule has 0 aliphatic carbocycles. The Bertz CT molecular complexity index is 416. The molecule has 0 fully saturated rings. The highest BCUT2D eigenvalue weighted by atomic mass is 19.3. The second-order valence-corrected chi connectivity index (χ2v) is 2.86. The Morgan fingerprint density at radius 3 is 2.44 bits per heavy atom. The van der Waals surface area contributed by atoms with Crippen LogP contribution in [0, 0.1) is 11.3 Å². The second kappa shape index (κ2) is 5.26. The Morgan fingerprint density at radius 2 is 2.00 bits per heavy atom. The third-order valence-electron chi connectivity index (χ3n) is 1.98. The number of hydrogen-bond donors (Lipinski definition) is 0. The van der Waals surface area contributed by atoms with E-state index in [2.05, 4.69) is 4.98 Å². The lowest BCUT2D eigenvalue weighted by Crippen LogP contribution is -2.02. The van der Waals surface area contributed by atoms with Crippen LogP contribution in [0.3, 0.4) is 0 Å². The highest BCUT2D eigenvalue weighted by Gasteiger charge is 2.21. The molecule has 0 aliphatic rings. The molecule has 86 valence electrons. The third kappa shape index (κ3) is 2.19. The van der Waals surface area contributed by atoms with Crippen molar-refractivity contribution in [3.63, 3.8) is 0 Å². The van der Waals surface area contributed by atoms with Crippen LogP contribution in [-0.4, -0.2) is 19.2 Å². The molecule has 0 amide bonds. The van der Waals surface area contributed by atoms with Gasteiger partial charge >= 0.3 is 0 Å². The molecule has 0 unspecified atom stereocenters. The van der Waals surface area contributed by atoms with Crippen molar-refractivity contribution >= 4 is 0 Å². The van der Waals surface area contributed by atoms with Gasteiger partial charge in [0.1, 0.15) is 5.69 Å². The largest absolute Gasteiger partial charge is 0.492 e. The molecule has 0 saturated carbocycles. The molecule has 0 spiro atoms. The smallest absolute Gasteiger partial charge is 0.269 e. The SMILES string of the molecule is COc1c(C(F)F)cnc(CC#N)c1OC. The lowest BCUT2D eigenvalue weighted by molar-refractivity contribution is 0.145. The molecule has 0 saturated heterocycles. The van der Waals surface area contributed by atoms with Crippen LogP contribution in [0.2, 0.25) is 0 Å². The van der Waals surface area contributed by atoms with Gasteiger partial charge in [-0.05, 0) is 0 Å². The minimum atomic E-state index is -2.70. The van der Waals surface area contributed by atoms with Gasteiger partial charge in [0.25, 0.3) is 6.43 Å². The minimum absolute atomic E-state index is 0.0248. The van der Waals surface area contributed by atoms with Gasteiger partial charge in [0.05, 0.1) is 32.3 Å². The first kappa shape index (κ1) is 12.2. The van der Waals surface area contributed by atoms with Crippen molar-refractivity contribution in [3.05, 3.63) is 17.5 Å². The van der Waals surface area contributed by atoms with E-state index in [9.17, 15) is 8.78 Å². The Hall–Kier alpha value is -1.90. The van der Waals surface area contributed by atoms with Crippen LogP contribution in [0.4, 0.5) is 8.78 Å². The van der Waals surface area contributed by atoms with Crippen LogP contribution >= 0.6 is 0 Å². The number of aromatic nitrogens is 1. The number of pyridine rings is 1. The fourth-order valence-electron chi connectivity index (χ4n) is 1.30. The first-order valence-corrected chi connectivity index (χ1v) is 4.40. The van der Waals surface area contributed by atoms with Crippen molar-refractivity contribution in [1.29, 1.82) is 5.26 Å². The summed E-state index contributed by atoms with van der Waals surface area (Å²) in [5, 5.41) is 8.55. The molecule has 0 bridgehead atoms. The number of halogens is 2. The van der Waals surface area contributed by atoms with Gasteiger partial charge in [-0.15, -0.1) is 0 Å². The molecule has 16 heavy (non-hydrogen) atoms. The van der Waals surface area contributed by atoms with Crippen LogP contribution in [0.1, 0.15) is 17.7 Å². The number of nitriles is 1. The Morgan fingerprint density at radius 1 is 1.38 bits per heavy atom. The maximum atomic E-state index is 12.6. The average molecular weight is 228 g/mol. The fourth-order valence-corrected chi connectivity index (χ4v) is 1.30. The van der Waals surface area contributed by atoms with E-state index in [1.54, 1.807) is 0 Å².